The van der Waals surface area contributed by atoms with Crippen molar-refractivity contribution in [1.29, 1.82) is 0 Å². The normalized spacial score (nSPS) is 15.9. The number of hydrogen-bond acceptors (Lipinski definition) is 4. The number of nitrogens with one attached hydrogen (secondary N) is 2. The van der Waals surface area contributed by atoms with E-state index in [1.807, 2.05) is 31.2 Å². The summed E-state index contributed by atoms with van der Waals surface area (Å²) in [6.07, 6.45) is 0.758. The van der Waals surface area contributed by atoms with Crippen LogP contribution in [0.3, 0.4) is 0 Å². The van der Waals surface area contributed by atoms with Gasteiger partial charge in [0.25, 0.3) is 0 Å². The van der Waals surface area contributed by atoms with Crippen molar-refractivity contribution in [2.75, 3.05) is 5.75 Å². The second kappa shape index (κ2) is 7.89. The molecule has 2 aromatic carbocycles. The van der Waals surface area contributed by atoms with Crippen molar-refractivity contribution in [1.82, 2.24) is 20.1 Å². The van der Waals surface area contributed by atoms with Crippen LogP contribution < -0.4 is 5.32 Å². The molecule has 0 saturated carbocycles. The van der Waals surface area contributed by atoms with Crippen LogP contribution in [0.5, 0.6) is 0 Å². The van der Waals surface area contributed by atoms with E-state index < -0.39 is 0 Å². The van der Waals surface area contributed by atoms with E-state index in [4.69, 9.17) is 12.2 Å². The first kappa shape index (κ1) is 18.9. The smallest absolute Gasteiger partial charge is 0.240 e. The fraction of sp³-hybridized carbons (Fsp3) is 0.250. The SMILES string of the molecule is Cc1ccc(-c2n[nH]c(=S)n2CC(=O)NC2CCSc3ccc(F)cc32)cc1. The number of aromatic nitrogens is 3. The first-order valence-electron chi connectivity index (χ1n) is 8.95. The van der Waals surface area contributed by atoms with Gasteiger partial charge in [-0.15, -0.1) is 11.8 Å². The van der Waals surface area contributed by atoms with Crippen LogP contribution >= 0.6 is 24.0 Å². The van der Waals surface area contributed by atoms with Crippen molar-refractivity contribution < 1.29 is 9.18 Å². The van der Waals surface area contributed by atoms with E-state index in [9.17, 15) is 9.18 Å². The summed E-state index contributed by atoms with van der Waals surface area (Å²) in [6, 6.07) is 12.4. The van der Waals surface area contributed by atoms with Crippen LogP contribution in [0, 0.1) is 17.5 Å². The molecule has 1 unspecified atom stereocenters. The van der Waals surface area contributed by atoms with Gasteiger partial charge in [0.05, 0.1) is 6.04 Å². The van der Waals surface area contributed by atoms with Crippen molar-refractivity contribution in [2.24, 2.45) is 0 Å². The maximum atomic E-state index is 13.7. The number of halogens is 1. The molecule has 2 N–H and O–H groups in total. The summed E-state index contributed by atoms with van der Waals surface area (Å²) in [5, 5.41) is 10.1. The molecule has 1 aliphatic rings. The predicted octanol–water partition coefficient (Wildman–Crippen LogP) is 4.41. The Morgan fingerprint density at radius 1 is 1.36 bits per heavy atom. The summed E-state index contributed by atoms with van der Waals surface area (Å²) in [4.78, 5) is 13.8. The molecule has 3 aromatic rings. The number of carbonyl (C=O) groups is 1. The monoisotopic (exact) mass is 414 g/mol. The van der Waals surface area contributed by atoms with Crippen molar-refractivity contribution in [3.05, 3.63) is 64.2 Å². The Balaban J connectivity index is 1.55. The van der Waals surface area contributed by atoms with Crippen LogP contribution in [-0.2, 0) is 11.3 Å². The number of H-pyrrole nitrogens is 1. The Morgan fingerprint density at radius 3 is 2.93 bits per heavy atom. The molecular formula is C20H19FN4OS2. The summed E-state index contributed by atoms with van der Waals surface area (Å²) in [7, 11) is 0. The fourth-order valence-electron chi connectivity index (χ4n) is 3.29. The van der Waals surface area contributed by atoms with Crippen LogP contribution in [0.1, 0.15) is 23.6 Å². The van der Waals surface area contributed by atoms with Gasteiger partial charge in [-0.2, -0.15) is 5.10 Å². The Bertz CT molecular complexity index is 1070. The third-order valence-electron chi connectivity index (χ3n) is 4.72. The number of nitrogens with zero attached hydrogens (tertiary/aromatic N) is 2. The number of amides is 1. The molecule has 5 nitrogen and oxygen atoms in total. The lowest BCUT2D eigenvalue weighted by molar-refractivity contribution is -0.122. The van der Waals surface area contributed by atoms with Crippen LogP contribution in [0.25, 0.3) is 11.4 Å². The van der Waals surface area contributed by atoms with Crippen LogP contribution in [0.15, 0.2) is 47.4 Å². The van der Waals surface area contributed by atoms with Gasteiger partial charge >= 0.3 is 0 Å². The molecule has 0 spiro atoms. The summed E-state index contributed by atoms with van der Waals surface area (Å²) >= 11 is 7.00. The van der Waals surface area contributed by atoms with Crippen molar-refractivity contribution >= 4 is 29.9 Å². The zero-order chi connectivity index (χ0) is 19.7. The minimum absolute atomic E-state index is 0.0484. The van der Waals surface area contributed by atoms with Gasteiger partial charge in [-0.05, 0) is 49.3 Å². The van der Waals surface area contributed by atoms with E-state index in [1.54, 1.807) is 22.4 Å². The second-order valence-electron chi connectivity index (χ2n) is 6.74. The first-order valence-corrected chi connectivity index (χ1v) is 10.3. The Kier molecular flexibility index (Phi) is 5.32. The molecule has 144 valence electrons. The summed E-state index contributed by atoms with van der Waals surface area (Å²) in [5.74, 6) is 1.02. The number of rotatable bonds is 4. The van der Waals surface area contributed by atoms with E-state index in [0.29, 0.717) is 10.6 Å². The standard InChI is InChI=1S/C20H19FN4OS2/c1-12-2-4-13(5-3-12)19-23-24-20(27)25(19)11-18(26)22-16-8-9-28-17-7-6-14(21)10-15(16)17/h2-7,10,16H,8-9,11H2,1H3,(H,22,26)(H,24,27). The van der Waals surface area contributed by atoms with E-state index >= 15 is 0 Å². The molecule has 0 saturated heterocycles. The fourth-order valence-corrected chi connectivity index (χ4v) is 4.59. The van der Waals surface area contributed by atoms with Crippen molar-refractivity contribution in [3.63, 3.8) is 0 Å². The largest absolute Gasteiger partial charge is 0.348 e. The van der Waals surface area contributed by atoms with Crippen LogP contribution in [0.4, 0.5) is 4.39 Å². The Labute approximate surface area is 171 Å². The van der Waals surface area contributed by atoms with Gasteiger partial charge in [0.15, 0.2) is 10.6 Å². The average Bonchev–Trinajstić information content (AvgIpc) is 3.03. The van der Waals surface area contributed by atoms with E-state index in [0.717, 1.165) is 33.8 Å². The second-order valence-corrected chi connectivity index (χ2v) is 8.27. The molecule has 1 aliphatic heterocycles. The van der Waals surface area contributed by atoms with E-state index in [2.05, 4.69) is 15.5 Å². The molecular weight excluding hydrogens is 395 g/mol. The number of hydrogen-bond donors (Lipinski definition) is 2. The third kappa shape index (κ3) is 3.88. The van der Waals surface area contributed by atoms with Gasteiger partial charge < -0.3 is 5.32 Å². The molecule has 1 amide bonds. The minimum atomic E-state index is -0.292. The minimum Gasteiger partial charge on any atom is -0.348 e. The van der Waals surface area contributed by atoms with Gasteiger partial charge in [0.2, 0.25) is 5.91 Å². The topological polar surface area (TPSA) is 62.7 Å². The number of benzene rings is 2. The predicted molar refractivity (Wildman–Crippen MR) is 110 cm³/mol. The van der Waals surface area contributed by atoms with Gasteiger partial charge in [0.1, 0.15) is 12.4 Å². The molecule has 4 rings (SSSR count). The molecule has 0 fully saturated rings. The van der Waals surface area contributed by atoms with Gasteiger partial charge in [-0.3, -0.25) is 14.5 Å². The quantitative estimate of drug-likeness (QED) is 0.621. The molecule has 0 bridgehead atoms. The number of aromatic amines is 1. The van der Waals surface area contributed by atoms with Gasteiger partial charge in [-0.1, -0.05) is 29.8 Å². The van der Waals surface area contributed by atoms with Gasteiger partial charge in [0, 0.05) is 16.2 Å². The highest BCUT2D eigenvalue weighted by molar-refractivity contribution is 7.99. The number of carbonyl (C=O) groups excluding carboxylic acids is 1. The maximum absolute atomic E-state index is 13.7. The van der Waals surface area contributed by atoms with Gasteiger partial charge in [-0.25, -0.2) is 4.39 Å². The Morgan fingerprint density at radius 2 is 2.14 bits per heavy atom. The van der Waals surface area contributed by atoms with Crippen LogP contribution in [-0.4, -0.2) is 26.4 Å². The summed E-state index contributed by atoms with van der Waals surface area (Å²) in [5.41, 5.74) is 2.86. The zero-order valence-corrected chi connectivity index (χ0v) is 16.9. The van der Waals surface area contributed by atoms with Crippen molar-refractivity contribution in [2.45, 2.75) is 30.8 Å². The molecule has 0 aliphatic carbocycles. The molecule has 2 heterocycles. The zero-order valence-electron chi connectivity index (χ0n) is 15.2. The molecule has 0 radical (unpaired) electrons. The lowest BCUT2D eigenvalue weighted by Crippen LogP contribution is -2.33. The van der Waals surface area contributed by atoms with Crippen LogP contribution in [0.2, 0.25) is 0 Å². The highest BCUT2D eigenvalue weighted by atomic mass is 32.2. The molecule has 28 heavy (non-hydrogen) atoms. The number of thioether (sulfide) groups is 1. The van der Waals surface area contributed by atoms with Crippen molar-refractivity contribution in [3.8, 4) is 11.4 Å². The van der Waals surface area contributed by atoms with E-state index in [1.165, 1.54) is 12.1 Å². The lowest BCUT2D eigenvalue weighted by atomic mass is 10.0. The lowest BCUT2D eigenvalue weighted by Gasteiger charge is -2.26. The molecule has 1 aromatic heterocycles. The number of fused-ring (bicyclic) bond motifs is 1. The maximum Gasteiger partial charge on any atom is 0.240 e. The first-order chi connectivity index (χ1) is 13.5. The molecule has 8 heteroatoms. The van der Waals surface area contributed by atoms with E-state index in [-0.39, 0.29) is 24.3 Å². The Hall–Kier alpha value is -2.45. The summed E-state index contributed by atoms with van der Waals surface area (Å²) in [6.45, 7) is 2.06. The average molecular weight is 415 g/mol. The highest BCUT2D eigenvalue weighted by Crippen LogP contribution is 2.36. The highest BCUT2D eigenvalue weighted by Gasteiger charge is 2.23. The third-order valence-corrected chi connectivity index (χ3v) is 6.15. The molecule has 1 atom stereocenters. The number of aryl methyl sites for hydroxylation is 1. The summed E-state index contributed by atoms with van der Waals surface area (Å²) < 4.78 is 15.7.